The van der Waals surface area contributed by atoms with E-state index in [0.29, 0.717) is 11.3 Å². The lowest BCUT2D eigenvalue weighted by Gasteiger charge is -2.21. The zero-order valence-electron chi connectivity index (χ0n) is 17.5. The van der Waals surface area contributed by atoms with Crippen LogP contribution < -0.4 is 14.8 Å². The van der Waals surface area contributed by atoms with Gasteiger partial charge in [0.25, 0.3) is 10.0 Å². The maximum atomic E-state index is 13.1. The van der Waals surface area contributed by atoms with Gasteiger partial charge in [0.05, 0.1) is 23.6 Å². The molecule has 0 unspecified atom stereocenters. The fraction of sp³-hybridized carbons (Fsp3) is 0.350. The maximum Gasteiger partial charge on any atom is 0.261 e. The molecule has 2 N–H and O–H groups in total. The number of amides is 1. The number of nitrogens with one attached hydrogen (secondary N) is 2. The molecule has 0 aliphatic carbocycles. The summed E-state index contributed by atoms with van der Waals surface area (Å²) in [6, 6.07) is 8.48. The van der Waals surface area contributed by atoms with Gasteiger partial charge in [0.2, 0.25) is 15.9 Å². The van der Waals surface area contributed by atoms with Gasteiger partial charge in [-0.2, -0.15) is 4.31 Å². The van der Waals surface area contributed by atoms with Crippen LogP contribution in [-0.2, 0) is 31.3 Å². The second-order valence-electron chi connectivity index (χ2n) is 6.83. The average Bonchev–Trinajstić information content (AvgIpc) is 3.09. The molecule has 1 aliphatic rings. The highest BCUT2D eigenvalue weighted by atomic mass is 32.2. The van der Waals surface area contributed by atoms with Crippen LogP contribution in [0.3, 0.4) is 0 Å². The van der Waals surface area contributed by atoms with Gasteiger partial charge in [0.15, 0.2) is 0 Å². The van der Waals surface area contributed by atoms with Crippen molar-refractivity contribution < 1.29 is 26.4 Å². The summed E-state index contributed by atoms with van der Waals surface area (Å²) < 4.78 is 61.1. The van der Waals surface area contributed by atoms with E-state index >= 15 is 0 Å². The van der Waals surface area contributed by atoms with Crippen molar-refractivity contribution in [1.29, 1.82) is 0 Å². The number of anilines is 2. The standard InChI is InChI=1S/C20H25N3O6S2/c1-4-23(5-2)31(27,28)19-13-15(7-10-18(19)29-6-3)22-30(25,26)16-8-9-17-14(11-16)12-20(24)21-17/h7-11,13,22H,4-6,12H2,1-3H3,(H,21,24). The zero-order chi connectivity index (χ0) is 22.8. The van der Waals surface area contributed by atoms with Gasteiger partial charge in [-0.1, -0.05) is 13.8 Å². The molecular weight excluding hydrogens is 442 g/mol. The van der Waals surface area contributed by atoms with Crippen molar-refractivity contribution in [3.63, 3.8) is 0 Å². The van der Waals surface area contributed by atoms with E-state index in [4.69, 9.17) is 4.74 Å². The first-order valence-corrected chi connectivity index (χ1v) is 12.8. The lowest BCUT2D eigenvalue weighted by molar-refractivity contribution is -0.115. The predicted molar refractivity (Wildman–Crippen MR) is 117 cm³/mol. The zero-order valence-corrected chi connectivity index (χ0v) is 19.1. The monoisotopic (exact) mass is 467 g/mol. The molecule has 0 spiro atoms. The van der Waals surface area contributed by atoms with Crippen LogP contribution in [0.15, 0.2) is 46.2 Å². The van der Waals surface area contributed by atoms with Crippen molar-refractivity contribution in [2.75, 3.05) is 29.7 Å². The van der Waals surface area contributed by atoms with Gasteiger partial charge in [0, 0.05) is 18.8 Å². The Morgan fingerprint density at radius 2 is 1.74 bits per heavy atom. The molecule has 168 valence electrons. The van der Waals surface area contributed by atoms with Crippen LogP contribution in [0, 0.1) is 0 Å². The first-order valence-electron chi connectivity index (χ1n) is 9.85. The second kappa shape index (κ2) is 8.85. The van der Waals surface area contributed by atoms with E-state index in [0.717, 1.165) is 0 Å². The van der Waals surface area contributed by atoms with E-state index in [-0.39, 0.29) is 53.3 Å². The van der Waals surface area contributed by atoms with E-state index < -0.39 is 20.0 Å². The highest BCUT2D eigenvalue weighted by Gasteiger charge is 2.27. The summed E-state index contributed by atoms with van der Waals surface area (Å²) in [4.78, 5) is 11.4. The van der Waals surface area contributed by atoms with E-state index in [1.54, 1.807) is 20.8 Å². The number of nitrogens with zero attached hydrogens (tertiary/aromatic N) is 1. The summed E-state index contributed by atoms with van der Waals surface area (Å²) in [5.41, 5.74) is 1.26. The van der Waals surface area contributed by atoms with Gasteiger partial charge in [-0.05, 0) is 48.9 Å². The van der Waals surface area contributed by atoms with Crippen molar-refractivity contribution in [2.45, 2.75) is 37.0 Å². The highest BCUT2D eigenvalue weighted by molar-refractivity contribution is 7.92. The van der Waals surface area contributed by atoms with Crippen LogP contribution in [0.4, 0.5) is 11.4 Å². The van der Waals surface area contributed by atoms with Crippen LogP contribution in [0.25, 0.3) is 0 Å². The van der Waals surface area contributed by atoms with Crippen molar-refractivity contribution >= 4 is 37.3 Å². The lowest BCUT2D eigenvalue weighted by Crippen LogP contribution is -2.31. The first kappa shape index (κ1) is 23.0. The Kier molecular flexibility index (Phi) is 6.58. The number of ether oxygens (including phenoxy) is 1. The molecule has 0 atom stereocenters. The summed E-state index contributed by atoms with van der Waals surface area (Å²) in [7, 11) is -7.89. The van der Waals surface area contributed by atoms with Crippen molar-refractivity contribution in [1.82, 2.24) is 4.31 Å². The van der Waals surface area contributed by atoms with Crippen molar-refractivity contribution in [2.24, 2.45) is 0 Å². The molecular formula is C20H25N3O6S2. The predicted octanol–water partition coefficient (Wildman–Crippen LogP) is 2.41. The van der Waals surface area contributed by atoms with E-state index in [9.17, 15) is 21.6 Å². The topological polar surface area (TPSA) is 122 Å². The number of hydrogen-bond acceptors (Lipinski definition) is 6. The molecule has 9 nitrogen and oxygen atoms in total. The molecule has 11 heteroatoms. The smallest absolute Gasteiger partial charge is 0.261 e. The second-order valence-corrected chi connectivity index (χ2v) is 10.4. The molecule has 0 fully saturated rings. The van der Waals surface area contributed by atoms with Crippen LogP contribution in [0.5, 0.6) is 5.75 Å². The third kappa shape index (κ3) is 4.68. The molecule has 1 heterocycles. The summed E-state index contributed by atoms with van der Waals surface area (Å²) in [6.07, 6.45) is 0.105. The third-order valence-corrected chi connectivity index (χ3v) is 8.28. The van der Waals surface area contributed by atoms with Gasteiger partial charge < -0.3 is 10.1 Å². The first-order chi connectivity index (χ1) is 14.6. The molecule has 0 bridgehead atoms. The molecule has 0 saturated heterocycles. The van der Waals surface area contributed by atoms with Crippen molar-refractivity contribution in [3.8, 4) is 5.75 Å². The number of carbonyl (C=O) groups is 1. The minimum absolute atomic E-state index is 0.0233. The Bertz CT molecular complexity index is 1210. The molecule has 2 aromatic carbocycles. The lowest BCUT2D eigenvalue weighted by atomic mass is 10.2. The normalized spacial score (nSPS) is 13.7. The summed E-state index contributed by atoms with van der Waals surface area (Å²) in [6.45, 7) is 5.97. The summed E-state index contributed by atoms with van der Waals surface area (Å²) >= 11 is 0. The third-order valence-electron chi connectivity index (χ3n) is 4.83. The largest absolute Gasteiger partial charge is 0.492 e. The molecule has 0 aromatic heterocycles. The number of hydrogen-bond donors (Lipinski definition) is 2. The number of benzene rings is 2. The van der Waals surface area contributed by atoms with E-state index in [1.165, 1.54) is 40.7 Å². The minimum Gasteiger partial charge on any atom is -0.492 e. The van der Waals surface area contributed by atoms with Gasteiger partial charge in [0.1, 0.15) is 10.6 Å². The highest BCUT2D eigenvalue weighted by Crippen LogP contribution is 2.32. The fourth-order valence-electron chi connectivity index (χ4n) is 3.34. The quantitative estimate of drug-likeness (QED) is 0.584. The Morgan fingerprint density at radius 3 is 2.39 bits per heavy atom. The molecule has 3 rings (SSSR count). The molecule has 31 heavy (non-hydrogen) atoms. The number of fused-ring (bicyclic) bond motifs is 1. The maximum absolute atomic E-state index is 13.1. The van der Waals surface area contributed by atoms with Crippen molar-refractivity contribution in [3.05, 3.63) is 42.0 Å². The minimum atomic E-state index is -4.01. The van der Waals surface area contributed by atoms with Crippen LogP contribution in [0.1, 0.15) is 26.3 Å². The molecule has 2 aromatic rings. The Morgan fingerprint density at radius 1 is 1.03 bits per heavy atom. The molecule has 1 amide bonds. The number of sulfonamides is 2. The van der Waals surface area contributed by atoms with Gasteiger partial charge in [-0.3, -0.25) is 9.52 Å². The average molecular weight is 468 g/mol. The van der Waals surface area contributed by atoms with Crippen LogP contribution in [0.2, 0.25) is 0 Å². The summed E-state index contributed by atoms with van der Waals surface area (Å²) in [5, 5.41) is 2.65. The van der Waals surface area contributed by atoms with Gasteiger partial charge >= 0.3 is 0 Å². The molecule has 0 saturated carbocycles. The van der Waals surface area contributed by atoms with Crippen LogP contribution in [-0.4, -0.2) is 46.7 Å². The molecule has 1 aliphatic heterocycles. The van der Waals surface area contributed by atoms with E-state index in [1.807, 2.05) is 0 Å². The SMILES string of the molecule is CCOc1ccc(NS(=O)(=O)c2ccc3c(c2)CC(=O)N3)cc1S(=O)(=O)N(CC)CC. The Balaban J connectivity index is 1.98. The number of carbonyl (C=O) groups excluding carboxylic acids is 1. The van der Waals surface area contributed by atoms with Gasteiger partial charge in [-0.25, -0.2) is 16.8 Å². The van der Waals surface area contributed by atoms with Crippen LogP contribution >= 0.6 is 0 Å². The molecule has 0 radical (unpaired) electrons. The van der Waals surface area contributed by atoms with E-state index in [2.05, 4.69) is 10.0 Å². The number of rotatable bonds is 9. The Hall–Kier alpha value is -2.63. The van der Waals surface area contributed by atoms with Gasteiger partial charge in [-0.15, -0.1) is 0 Å². The fourth-order valence-corrected chi connectivity index (χ4v) is 6.05. The summed E-state index contributed by atoms with van der Waals surface area (Å²) in [5.74, 6) is -0.0465. The Labute approximate surface area is 182 Å².